The summed E-state index contributed by atoms with van der Waals surface area (Å²) in [5.41, 5.74) is 3.32. The van der Waals surface area contributed by atoms with Gasteiger partial charge in [-0.2, -0.15) is 0 Å². The topological polar surface area (TPSA) is 71.8 Å². The number of imidazole rings is 1. The van der Waals surface area contributed by atoms with E-state index in [1.807, 2.05) is 77.5 Å². The molecule has 28 heavy (non-hydrogen) atoms. The van der Waals surface area contributed by atoms with Crippen LogP contribution < -0.4 is 10.6 Å². The van der Waals surface area contributed by atoms with E-state index in [0.717, 1.165) is 16.9 Å². The number of carbonyl (C=O) groups is 1. The first kappa shape index (κ1) is 17.5. The molecule has 0 aliphatic rings. The van der Waals surface area contributed by atoms with Gasteiger partial charge in [0.2, 0.25) is 0 Å². The number of benzene rings is 2. The number of hydrogen-bond donors (Lipinski definition) is 2. The summed E-state index contributed by atoms with van der Waals surface area (Å²) < 4.78 is 1.93. The maximum atomic E-state index is 12.4. The van der Waals surface area contributed by atoms with Gasteiger partial charge in [-0.1, -0.05) is 36.4 Å². The number of aromatic nitrogens is 3. The van der Waals surface area contributed by atoms with Crippen molar-refractivity contribution in [1.29, 1.82) is 0 Å². The smallest absolute Gasteiger partial charge is 0.270 e. The van der Waals surface area contributed by atoms with Gasteiger partial charge in [0.1, 0.15) is 11.5 Å². The summed E-state index contributed by atoms with van der Waals surface area (Å²) in [6.45, 7) is 0.467. The highest BCUT2D eigenvalue weighted by atomic mass is 16.1. The van der Waals surface area contributed by atoms with E-state index < -0.39 is 0 Å². The molecular weight excluding hydrogens is 350 g/mol. The lowest BCUT2D eigenvalue weighted by atomic mass is 10.2. The molecule has 0 bridgehead atoms. The molecule has 0 aliphatic heterocycles. The number of pyridine rings is 1. The number of hydrogen-bond acceptors (Lipinski definition) is 4. The first-order chi connectivity index (χ1) is 13.8. The molecule has 0 saturated heterocycles. The van der Waals surface area contributed by atoms with E-state index in [-0.39, 0.29) is 5.91 Å². The van der Waals surface area contributed by atoms with Gasteiger partial charge in [-0.15, -0.1) is 0 Å². The molecule has 0 atom stereocenters. The van der Waals surface area contributed by atoms with Gasteiger partial charge in [0.05, 0.1) is 6.33 Å². The van der Waals surface area contributed by atoms with Crippen LogP contribution in [0.3, 0.4) is 0 Å². The first-order valence-corrected chi connectivity index (χ1v) is 8.92. The Kier molecular flexibility index (Phi) is 5.11. The van der Waals surface area contributed by atoms with Crippen molar-refractivity contribution in [1.82, 2.24) is 19.9 Å². The standard InChI is InChI=1S/C22H19N5O/c28-22(24-15-17-5-2-1-3-6-17)20-7-4-8-21(26-20)25-18-9-11-19(12-10-18)27-14-13-23-16-27/h1-14,16H,15H2,(H,24,28)(H,25,26). The van der Waals surface area contributed by atoms with E-state index in [1.165, 1.54) is 0 Å². The molecule has 6 nitrogen and oxygen atoms in total. The quantitative estimate of drug-likeness (QED) is 0.540. The molecule has 0 spiro atoms. The van der Waals surface area contributed by atoms with Gasteiger partial charge in [0.25, 0.3) is 5.91 Å². The van der Waals surface area contributed by atoms with Gasteiger partial charge in [-0.05, 0) is 42.0 Å². The summed E-state index contributed by atoms with van der Waals surface area (Å²) in [7, 11) is 0. The van der Waals surface area contributed by atoms with Crippen LogP contribution in [0.1, 0.15) is 16.1 Å². The lowest BCUT2D eigenvalue weighted by Gasteiger charge is -2.09. The molecule has 4 rings (SSSR count). The molecule has 138 valence electrons. The summed E-state index contributed by atoms with van der Waals surface area (Å²) in [6.07, 6.45) is 5.38. The summed E-state index contributed by atoms with van der Waals surface area (Å²) >= 11 is 0. The van der Waals surface area contributed by atoms with Crippen molar-refractivity contribution >= 4 is 17.4 Å². The van der Waals surface area contributed by atoms with Crippen LogP contribution in [0.25, 0.3) is 5.69 Å². The summed E-state index contributed by atoms with van der Waals surface area (Å²) in [5, 5.41) is 6.12. The molecule has 6 heteroatoms. The van der Waals surface area contributed by atoms with Crippen LogP contribution in [0.5, 0.6) is 0 Å². The third kappa shape index (κ3) is 4.24. The summed E-state index contributed by atoms with van der Waals surface area (Å²) in [5.74, 6) is 0.408. The highest BCUT2D eigenvalue weighted by Crippen LogP contribution is 2.17. The zero-order valence-electron chi connectivity index (χ0n) is 15.1. The Balaban J connectivity index is 1.41. The van der Waals surface area contributed by atoms with Gasteiger partial charge in [0.15, 0.2) is 0 Å². The molecule has 2 heterocycles. The Labute approximate surface area is 162 Å². The van der Waals surface area contributed by atoms with Crippen molar-refractivity contribution in [2.45, 2.75) is 6.54 Å². The molecule has 2 aromatic carbocycles. The molecule has 2 aromatic heterocycles. The van der Waals surface area contributed by atoms with Crippen molar-refractivity contribution in [2.75, 3.05) is 5.32 Å². The SMILES string of the molecule is O=C(NCc1ccccc1)c1cccc(Nc2ccc(-n3ccnc3)cc2)n1. The van der Waals surface area contributed by atoms with Gasteiger partial charge in [0, 0.05) is 30.3 Å². The van der Waals surface area contributed by atoms with Crippen molar-refractivity contribution in [2.24, 2.45) is 0 Å². The van der Waals surface area contributed by atoms with Gasteiger partial charge in [-0.3, -0.25) is 4.79 Å². The maximum Gasteiger partial charge on any atom is 0.270 e. The molecule has 0 radical (unpaired) electrons. The Morgan fingerprint density at radius 1 is 0.929 bits per heavy atom. The Morgan fingerprint density at radius 3 is 2.50 bits per heavy atom. The molecule has 1 amide bonds. The van der Waals surface area contributed by atoms with Crippen molar-refractivity contribution in [3.05, 3.63) is 103 Å². The molecule has 0 fully saturated rings. The predicted octanol–water partition coefficient (Wildman–Crippen LogP) is 3.94. The second-order valence-electron chi connectivity index (χ2n) is 6.22. The van der Waals surface area contributed by atoms with E-state index in [9.17, 15) is 4.79 Å². The minimum absolute atomic E-state index is 0.206. The number of anilines is 2. The summed E-state index contributed by atoms with van der Waals surface area (Å²) in [6, 6.07) is 23.0. The van der Waals surface area contributed by atoms with Gasteiger partial charge < -0.3 is 15.2 Å². The molecule has 0 aliphatic carbocycles. The number of carbonyl (C=O) groups excluding carboxylic acids is 1. The fourth-order valence-electron chi connectivity index (χ4n) is 2.78. The number of nitrogens with zero attached hydrogens (tertiary/aromatic N) is 3. The van der Waals surface area contributed by atoms with Crippen LogP contribution in [0.2, 0.25) is 0 Å². The van der Waals surface area contributed by atoms with Crippen molar-refractivity contribution in [3.8, 4) is 5.69 Å². The van der Waals surface area contributed by atoms with Crippen molar-refractivity contribution < 1.29 is 4.79 Å². The van der Waals surface area contributed by atoms with Gasteiger partial charge in [-0.25, -0.2) is 9.97 Å². The van der Waals surface area contributed by atoms with Crippen LogP contribution in [-0.4, -0.2) is 20.4 Å². The van der Waals surface area contributed by atoms with Crippen molar-refractivity contribution in [3.63, 3.8) is 0 Å². The number of nitrogens with one attached hydrogen (secondary N) is 2. The van der Waals surface area contributed by atoms with Crippen LogP contribution in [0.4, 0.5) is 11.5 Å². The average Bonchev–Trinajstić information content (AvgIpc) is 3.28. The Morgan fingerprint density at radius 2 is 1.75 bits per heavy atom. The lowest BCUT2D eigenvalue weighted by Crippen LogP contribution is -2.23. The predicted molar refractivity (Wildman–Crippen MR) is 109 cm³/mol. The maximum absolute atomic E-state index is 12.4. The lowest BCUT2D eigenvalue weighted by molar-refractivity contribution is 0.0946. The summed E-state index contributed by atoms with van der Waals surface area (Å²) in [4.78, 5) is 20.9. The monoisotopic (exact) mass is 369 g/mol. The molecule has 0 unspecified atom stereocenters. The van der Waals surface area contributed by atoms with E-state index >= 15 is 0 Å². The van der Waals surface area contributed by atoms with E-state index in [1.54, 1.807) is 18.6 Å². The highest BCUT2D eigenvalue weighted by Gasteiger charge is 2.08. The number of amides is 1. The zero-order valence-corrected chi connectivity index (χ0v) is 15.1. The third-order valence-electron chi connectivity index (χ3n) is 4.22. The highest BCUT2D eigenvalue weighted by molar-refractivity contribution is 5.92. The van der Waals surface area contributed by atoms with Gasteiger partial charge >= 0.3 is 0 Å². The molecule has 0 saturated carbocycles. The zero-order chi connectivity index (χ0) is 19.2. The van der Waals surface area contributed by atoms with E-state index in [4.69, 9.17) is 0 Å². The van der Waals surface area contributed by atoms with Crippen LogP contribution >= 0.6 is 0 Å². The molecule has 2 N–H and O–H groups in total. The van der Waals surface area contributed by atoms with Crippen LogP contribution in [0, 0.1) is 0 Å². The normalized spacial score (nSPS) is 10.4. The fourth-order valence-corrected chi connectivity index (χ4v) is 2.78. The Hall–Kier alpha value is -3.93. The van der Waals surface area contributed by atoms with E-state index in [0.29, 0.717) is 18.1 Å². The van der Waals surface area contributed by atoms with E-state index in [2.05, 4.69) is 20.6 Å². The second kappa shape index (κ2) is 8.18. The molecular formula is C22H19N5O. The minimum Gasteiger partial charge on any atom is -0.347 e. The third-order valence-corrected chi connectivity index (χ3v) is 4.22. The molecule has 4 aromatic rings. The largest absolute Gasteiger partial charge is 0.347 e. The van der Waals surface area contributed by atoms with Crippen LogP contribution in [0.15, 0.2) is 91.5 Å². The van der Waals surface area contributed by atoms with Crippen LogP contribution in [-0.2, 0) is 6.54 Å². The average molecular weight is 369 g/mol. The minimum atomic E-state index is -0.206. The first-order valence-electron chi connectivity index (χ1n) is 8.92. The Bertz CT molecular complexity index is 1040. The number of rotatable bonds is 6. The fraction of sp³-hybridized carbons (Fsp3) is 0.0455. The second-order valence-corrected chi connectivity index (χ2v) is 6.22.